The predicted octanol–water partition coefficient (Wildman–Crippen LogP) is 2.75. The largest absolute Gasteiger partial charge is 0.497 e. The Labute approximate surface area is 198 Å². The molecule has 180 valence electrons. The van der Waals surface area contributed by atoms with Crippen molar-refractivity contribution in [3.63, 3.8) is 0 Å². The van der Waals surface area contributed by atoms with E-state index in [2.05, 4.69) is 15.4 Å². The van der Waals surface area contributed by atoms with Gasteiger partial charge in [-0.25, -0.2) is 17.9 Å². The number of aliphatic hydroxyl groups excluding tert-OH is 1. The maximum atomic E-state index is 12.4. The third-order valence-electron chi connectivity index (χ3n) is 5.32. The van der Waals surface area contributed by atoms with Crippen molar-refractivity contribution in [2.24, 2.45) is 0 Å². The van der Waals surface area contributed by atoms with Gasteiger partial charge >= 0.3 is 6.03 Å². The first-order chi connectivity index (χ1) is 15.8. The van der Waals surface area contributed by atoms with E-state index in [4.69, 9.17) is 21.1 Å². The van der Waals surface area contributed by atoms with Crippen LogP contribution in [-0.4, -0.2) is 58.1 Å². The molecular formula is C22H28ClN3O6S. The molecule has 0 radical (unpaired) electrons. The Balaban J connectivity index is 1.46. The van der Waals surface area contributed by atoms with Crippen molar-refractivity contribution in [3.8, 4) is 5.75 Å². The predicted molar refractivity (Wildman–Crippen MR) is 125 cm³/mol. The molecule has 11 heteroatoms. The summed E-state index contributed by atoms with van der Waals surface area (Å²) in [7, 11) is -2.11. The van der Waals surface area contributed by atoms with Gasteiger partial charge in [-0.05, 0) is 61.7 Å². The van der Waals surface area contributed by atoms with Gasteiger partial charge in [0.15, 0.2) is 0 Å². The second-order valence-electron chi connectivity index (χ2n) is 7.63. The van der Waals surface area contributed by atoms with Gasteiger partial charge in [0, 0.05) is 17.3 Å². The Morgan fingerprint density at radius 2 is 1.97 bits per heavy atom. The normalized spacial score (nSPS) is 20.8. The highest BCUT2D eigenvalue weighted by Gasteiger charge is 2.32. The lowest BCUT2D eigenvalue weighted by molar-refractivity contribution is -0.0884. The molecule has 2 aromatic carbocycles. The average Bonchev–Trinajstić information content (AvgIpc) is 2.80. The Kier molecular flexibility index (Phi) is 8.93. The summed E-state index contributed by atoms with van der Waals surface area (Å²) in [5.41, 5.74) is 0.607. The minimum absolute atomic E-state index is 0.0972. The number of carbonyl (C=O) groups is 1. The maximum Gasteiger partial charge on any atom is 0.319 e. The van der Waals surface area contributed by atoms with Gasteiger partial charge < -0.3 is 25.2 Å². The summed E-state index contributed by atoms with van der Waals surface area (Å²) in [6.07, 6.45) is 0.804. The molecule has 3 atom stereocenters. The fourth-order valence-electron chi connectivity index (χ4n) is 3.59. The molecule has 0 aromatic heterocycles. The Morgan fingerprint density at radius 3 is 2.64 bits per heavy atom. The SMILES string of the molecule is COc1ccc(NC(=O)N[C@H]2CC[C@H](CCNS(=O)(=O)c3cccc(Cl)c3)O[C@H]2CO)cc1. The molecule has 0 spiro atoms. The fraction of sp³-hybridized carbons (Fsp3) is 0.409. The van der Waals surface area contributed by atoms with Crippen molar-refractivity contribution in [2.45, 2.75) is 42.4 Å². The van der Waals surface area contributed by atoms with Crippen molar-refractivity contribution in [1.82, 2.24) is 10.0 Å². The number of halogens is 1. The molecule has 0 saturated carbocycles. The minimum Gasteiger partial charge on any atom is -0.497 e. The monoisotopic (exact) mass is 497 g/mol. The van der Waals surface area contributed by atoms with Crippen LogP contribution in [-0.2, 0) is 14.8 Å². The van der Waals surface area contributed by atoms with Crippen molar-refractivity contribution >= 4 is 33.3 Å². The summed E-state index contributed by atoms with van der Waals surface area (Å²) >= 11 is 5.87. The van der Waals surface area contributed by atoms with Gasteiger partial charge in [-0.3, -0.25) is 0 Å². The van der Waals surface area contributed by atoms with Crippen LogP contribution in [0.25, 0.3) is 0 Å². The van der Waals surface area contributed by atoms with Crippen molar-refractivity contribution in [3.05, 3.63) is 53.6 Å². The van der Waals surface area contributed by atoms with E-state index in [1.165, 1.54) is 12.1 Å². The van der Waals surface area contributed by atoms with Gasteiger partial charge in [0.25, 0.3) is 0 Å². The van der Waals surface area contributed by atoms with Crippen LogP contribution in [0.3, 0.4) is 0 Å². The zero-order valence-corrected chi connectivity index (χ0v) is 19.7. The number of urea groups is 1. The smallest absolute Gasteiger partial charge is 0.319 e. The lowest BCUT2D eigenvalue weighted by Crippen LogP contribution is -2.52. The molecule has 1 aliphatic heterocycles. The van der Waals surface area contributed by atoms with Gasteiger partial charge in [-0.15, -0.1) is 0 Å². The number of aliphatic hydroxyl groups is 1. The molecule has 9 nitrogen and oxygen atoms in total. The Morgan fingerprint density at radius 1 is 1.21 bits per heavy atom. The molecule has 2 aromatic rings. The van der Waals surface area contributed by atoms with Crippen molar-refractivity contribution < 1.29 is 27.8 Å². The zero-order valence-electron chi connectivity index (χ0n) is 18.2. The summed E-state index contributed by atoms with van der Waals surface area (Å²) in [5.74, 6) is 0.683. The van der Waals surface area contributed by atoms with Gasteiger partial charge in [-0.2, -0.15) is 0 Å². The number of sulfonamides is 1. The van der Waals surface area contributed by atoms with E-state index in [0.29, 0.717) is 35.7 Å². The number of rotatable bonds is 9. The molecule has 1 aliphatic rings. The quantitative estimate of drug-likeness (QED) is 0.422. The lowest BCUT2D eigenvalue weighted by Gasteiger charge is -2.36. The van der Waals surface area contributed by atoms with E-state index >= 15 is 0 Å². The molecule has 33 heavy (non-hydrogen) atoms. The van der Waals surface area contributed by atoms with E-state index in [-0.39, 0.29) is 30.2 Å². The van der Waals surface area contributed by atoms with Crippen LogP contribution >= 0.6 is 11.6 Å². The number of benzene rings is 2. The molecule has 1 heterocycles. The number of anilines is 1. The molecule has 0 aliphatic carbocycles. The first-order valence-electron chi connectivity index (χ1n) is 10.5. The number of ether oxygens (including phenoxy) is 2. The topological polar surface area (TPSA) is 126 Å². The highest BCUT2D eigenvalue weighted by atomic mass is 35.5. The third kappa shape index (κ3) is 7.31. The van der Waals surface area contributed by atoms with E-state index < -0.39 is 22.2 Å². The number of hydrogen-bond acceptors (Lipinski definition) is 6. The first-order valence-corrected chi connectivity index (χ1v) is 12.4. The second kappa shape index (κ2) is 11.7. The highest BCUT2D eigenvalue weighted by molar-refractivity contribution is 7.89. The van der Waals surface area contributed by atoms with Crippen LogP contribution in [0.15, 0.2) is 53.4 Å². The number of hydrogen-bond donors (Lipinski definition) is 4. The zero-order chi connectivity index (χ0) is 23.8. The van der Waals surface area contributed by atoms with Crippen molar-refractivity contribution in [1.29, 1.82) is 0 Å². The molecular weight excluding hydrogens is 470 g/mol. The summed E-state index contributed by atoms with van der Waals surface area (Å²) < 4.78 is 38.3. The maximum absolute atomic E-state index is 12.4. The van der Waals surface area contributed by atoms with Crippen LogP contribution in [0, 0.1) is 0 Å². The molecule has 1 fully saturated rings. The van der Waals surface area contributed by atoms with Gasteiger partial charge in [0.2, 0.25) is 10.0 Å². The van der Waals surface area contributed by atoms with Crippen molar-refractivity contribution in [2.75, 3.05) is 25.6 Å². The molecule has 4 N–H and O–H groups in total. The van der Waals surface area contributed by atoms with Crippen LogP contribution in [0.5, 0.6) is 5.75 Å². The highest BCUT2D eigenvalue weighted by Crippen LogP contribution is 2.23. The molecule has 3 rings (SSSR count). The van der Waals surface area contributed by atoms with E-state index in [9.17, 15) is 18.3 Å². The fourth-order valence-corrected chi connectivity index (χ4v) is 4.94. The molecule has 0 bridgehead atoms. The average molecular weight is 498 g/mol. The van der Waals surface area contributed by atoms with Gasteiger partial charge in [0.05, 0.1) is 30.8 Å². The second-order valence-corrected chi connectivity index (χ2v) is 9.84. The number of carbonyl (C=O) groups excluding carboxylic acids is 1. The molecule has 2 amide bonds. The number of methoxy groups -OCH3 is 1. The Hall–Kier alpha value is -2.37. The molecule has 1 saturated heterocycles. The van der Waals surface area contributed by atoms with Gasteiger partial charge in [0.1, 0.15) is 11.9 Å². The number of nitrogens with one attached hydrogen (secondary N) is 3. The standard InChI is InChI=1S/C22H28ClN3O6S/c1-31-17-7-5-16(6-8-17)25-22(28)26-20-10-9-18(32-21(20)14-27)11-12-24-33(29,30)19-4-2-3-15(23)13-19/h2-8,13,18,20-21,24,27H,9-12,14H2,1H3,(H2,25,26,28)/t18-,20+,21+/m1/s1. The minimum atomic E-state index is -3.68. The van der Waals surface area contributed by atoms with E-state index in [1.807, 2.05) is 0 Å². The van der Waals surface area contributed by atoms with E-state index in [0.717, 1.165) is 0 Å². The summed E-state index contributed by atoms with van der Waals surface area (Å²) in [6.45, 7) is -0.0913. The number of amides is 2. The van der Waals surface area contributed by atoms with Crippen LogP contribution < -0.4 is 20.1 Å². The summed E-state index contributed by atoms with van der Waals surface area (Å²) in [4.78, 5) is 12.4. The first kappa shape index (κ1) is 25.3. The third-order valence-corrected chi connectivity index (χ3v) is 7.02. The van der Waals surface area contributed by atoms with Crippen LogP contribution in [0.2, 0.25) is 5.02 Å². The van der Waals surface area contributed by atoms with E-state index in [1.54, 1.807) is 43.5 Å². The molecule has 0 unspecified atom stereocenters. The van der Waals surface area contributed by atoms with Gasteiger partial charge in [-0.1, -0.05) is 17.7 Å². The lowest BCUT2D eigenvalue weighted by atomic mass is 9.97. The summed E-state index contributed by atoms with van der Waals surface area (Å²) in [5, 5.41) is 15.6. The van der Waals surface area contributed by atoms with Crippen LogP contribution in [0.4, 0.5) is 10.5 Å². The van der Waals surface area contributed by atoms with Crippen LogP contribution in [0.1, 0.15) is 19.3 Å². The Bertz CT molecular complexity index is 1030. The summed E-state index contributed by atoms with van der Waals surface area (Å²) in [6, 6.07) is 12.2.